The SMILES string of the molecule is C[C@H]1Oc2ccccc2CCCCC2(CCN(C3CCN(Cc4ccccc4)CC3)CC2)CNC1=O. The van der Waals surface area contributed by atoms with E-state index < -0.39 is 6.10 Å². The molecule has 1 N–H and O–H groups in total. The van der Waals surface area contributed by atoms with Crippen molar-refractivity contribution >= 4 is 5.91 Å². The van der Waals surface area contributed by atoms with Gasteiger partial charge in [-0.05, 0) is 101 Å². The van der Waals surface area contributed by atoms with Crippen molar-refractivity contribution in [2.75, 3.05) is 32.7 Å². The van der Waals surface area contributed by atoms with Crippen molar-refractivity contribution in [1.82, 2.24) is 15.1 Å². The van der Waals surface area contributed by atoms with Crippen LogP contribution in [0.1, 0.15) is 63.0 Å². The van der Waals surface area contributed by atoms with Gasteiger partial charge in [0.25, 0.3) is 5.91 Å². The molecular weight excluding hydrogens is 446 g/mol. The molecule has 2 aromatic carbocycles. The predicted octanol–water partition coefficient (Wildman–Crippen LogP) is 5.04. The standard InChI is InChI=1S/C31H43N3O2/c1-25-30(35)32-24-31(16-8-7-12-27-11-5-6-13-29(27)36-25)17-21-34(22-18-31)28-14-19-33(20-15-28)23-26-9-3-2-4-10-26/h2-6,9-11,13,25,28H,7-8,12,14-24H2,1H3,(H,32,35)/t25-/m1/s1. The Bertz CT molecular complexity index is 978. The van der Waals surface area contributed by atoms with Gasteiger partial charge in [-0.3, -0.25) is 9.69 Å². The lowest BCUT2D eigenvalue weighted by Gasteiger charge is -2.47. The van der Waals surface area contributed by atoms with E-state index in [1.165, 1.54) is 69.2 Å². The topological polar surface area (TPSA) is 44.8 Å². The number of hydrogen-bond donors (Lipinski definition) is 1. The zero-order valence-electron chi connectivity index (χ0n) is 22.0. The fourth-order valence-corrected chi connectivity index (χ4v) is 6.47. The van der Waals surface area contributed by atoms with Crippen molar-refractivity contribution in [3.05, 3.63) is 65.7 Å². The summed E-state index contributed by atoms with van der Waals surface area (Å²) in [7, 11) is 0. The van der Waals surface area contributed by atoms with E-state index in [4.69, 9.17) is 4.74 Å². The molecule has 0 bridgehead atoms. The molecule has 194 valence electrons. The monoisotopic (exact) mass is 489 g/mol. The van der Waals surface area contributed by atoms with Crippen LogP contribution in [0.25, 0.3) is 0 Å². The van der Waals surface area contributed by atoms with Crippen LogP contribution >= 0.6 is 0 Å². The van der Waals surface area contributed by atoms with E-state index in [0.717, 1.165) is 38.3 Å². The van der Waals surface area contributed by atoms with Gasteiger partial charge in [0.2, 0.25) is 0 Å². The lowest BCUT2D eigenvalue weighted by atomic mass is 9.73. The molecule has 0 aromatic heterocycles. The number of nitrogens with zero attached hydrogens (tertiary/aromatic N) is 2. The zero-order valence-corrected chi connectivity index (χ0v) is 22.0. The molecule has 5 nitrogen and oxygen atoms in total. The minimum Gasteiger partial charge on any atom is -0.481 e. The average Bonchev–Trinajstić information content (AvgIpc) is 2.92. The summed E-state index contributed by atoms with van der Waals surface area (Å²) < 4.78 is 6.07. The molecule has 2 aromatic rings. The molecule has 3 aliphatic rings. The molecular formula is C31H43N3O2. The van der Waals surface area contributed by atoms with Crippen molar-refractivity contribution in [3.63, 3.8) is 0 Å². The highest BCUT2D eigenvalue weighted by molar-refractivity contribution is 5.80. The van der Waals surface area contributed by atoms with Crippen LogP contribution in [0.15, 0.2) is 54.6 Å². The number of fused-ring (bicyclic) bond motifs is 1. The van der Waals surface area contributed by atoms with Gasteiger partial charge in [-0.2, -0.15) is 0 Å². The van der Waals surface area contributed by atoms with Crippen LogP contribution in [0.2, 0.25) is 0 Å². The molecule has 0 radical (unpaired) electrons. The minimum absolute atomic E-state index is 0.0120. The minimum atomic E-state index is -0.469. The Morgan fingerprint density at radius 3 is 2.42 bits per heavy atom. The Labute approximate surface area is 217 Å². The first-order valence-electron chi connectivity index (χ1n) is 14.1. The lowest BCUT2D eigenvalue weighted by Crippen LogP contribution is -2.52. The number of benzene rings is 2. The summed E-state index contributed by atoms with van der Waals surface area (Å²) in [5.74, 6) is 0.872. The summed E-state index contributed by atoms with van der Waals surface area (Å²) in [4.78, 5) is 18.3. The van der Waals surface area contributed by atoms with Gasteiger partial charge in [0.1, 0.15) is 5.75 Å². The van der Waals surface area contributed by atoms with Crippen molar-refractivity contribution in [2.45, 2.75) is 77.0 Å². The molecule has 3 aliphatic heterocycles. The third-order valence-electron chi connectivity index (χ3n) is 8.87. The molecule has 0 saturated carbocycles. The van der Waals surface area contributed by atoms with Crippen LogP contribution in [0.4, 0.5) is 0 Å². The second-order valence-electron chi connectivity index (χ2n) is 11.3. The van der Waals surface area contributed by atoms with E-state index in [-0.39, 0.29) is 11.3 Å². The molecule has 1 atom stereocenters. The fourth-order valence-electron chi connectivity index (χ4n) is 6.47. The molecule has 3 heterocycles. The third kappa shape index (κ3) is 6.30. The summed E-state index contributed by atoms with van der Waals surface area (Å²) in [5.41, 5.74) is 2.86. The van der Waals surface area contributed by atoms with Gasteiger partial charge < -0.3 is 15.0 Å². The van der Waals surface area contributed by atoms with Gasteiger partial charge in [0.15, 0.2) is 6.10 Å². The normalized spacial score (nSPS) is 24.7. The zero-order chi connectivity index (χ0) is 24.8. The Hall–Kier alpha value is -2.37. The highest BCUT2D eigenvalue weighted by Gasteiger charge is 2.37. The smallest absolute Gasteiger partial charge is 0.260 e. The number of likely N-dealkylation sites (tertiary alicyclic amines) is 2. The van der Waals surface area contributed by atoms with Gasteiger partial charge in [-0.15, -0.1) is 0 Å². The number of para-hydroxylation sites is 1. The molecule has 2 fully saturated rings. The molecule has 1 spiro atoms. The average molecular weight is 490 g/mol. The summed E-state index contributed by atoms with van der Waals surface area (Å²) in [6.45, 7) is 8.43. The highest BCUT2D eigenvalue weighted by atomic mass is 16.5. The fraction of sp³-hybridized carbons (Fsp3) is 0.581. The highest BCUT2D eigenvalue weighted by Crippen LogP contribution is 2.38. The number of amides is 1. The van der Waals surface area contributed by atoms with Crippen molar-refractivity contribution in [3.8, 4) is 5.75 Å². The predicted molar refractivity (Wildman–Crippen MR) is 145 cm³/mol. The molecule has 5 rings (SSSR count). The van der Waals surface area contributed by atoms with Crippen molar-refractivity contribution in [2.24, 2.45) is 5.41 Å². The first-order valence-corrected chi connectivity index (χ1v) is 14.1. The van der Waals surface area contributed by atoms with Crippen LogP contribution in [0.5, 0.6) is 5.75 Å². The quantitative estimate of drug-likeness (QED) is 0.656. The first kappa shape index (κ1) is 25.3. The van der Waals surface area contributed by atoms with E-state index in [0.29, 0.717) is 6.04 Å². The van der Waals surface area contributed by atoms with E-state index in [2.05, 4.69) is 57.6 Å². The maximum atomic E-state index is 12.9. The third-order valence-corrected chi connectivity index (χ3v) is 8.87. The molecule has 36 heavy (non-hydrogen) atoms. The number of hydrogen-bond acceptors (Lipinski definition) is 4. The second-order valence-corrected chi connectivity index (χ2v) is 11.3. The van der Waals surface area contributed by atoms with E-state index in [1.807, 2.05) is 19.1 Å². The maximum absolute atomic E-state index is 12.9. The molecule has 0 unspecified atom stereocenters. The molecule has 2 saturated heterocycles. The number of nitrogens with one attached hydrogen (secondary N) is 1. The van der Waals surface area contributed by atoms with Gasteiger partial charge in [-0.1, -0.05) is 55.0 Å². The van der Waals surface area contributed by atoms with Crippen LogP contribution in [-0.4, -0.2) is 60.6 Å². The van der Waals surface area contributed by atoms with Gasteiger partial charge >= 0.3 is 0 Å². The van der Waals surface area contributed by atoms with E-state index >= 15 is 0 Å². The van der Waals surface area contributed by atoms with Crippen molar-refractivity contribution in [1.29, 1.82) is 0 Å². The Kier molecular flexibility index (Phi) is 8.28. The number of carbonyl (C=O) groups excluding carboxylic acids is 1. The number of carbonyl (C=O) groups is 1. The van der Waals surface area contributed by atoms with Crippen LogP contribution in [0.3, 0.4) is 0 Å². The Morgan fingerprint density at radius 1 is 0.917 bits per heavy atom. The molecule has 5 heteroatoms. The van der Waals surface area contributed by atoms with Crippen molar-refractivity contribution < 1.29 is 9.53 Å². The van der Waals surface area contributed by atoms with Gasteiger partial charge in [0, 0.05) is 19.1 Å². The van der Waals surface area contributed by atoms with Crippen LogP contribution in [-0.2, 0) is 17.8 Å². The van der Waals surface area contributed by atoms with E-state index in [9.17, 15) is 4.79 Å². The van der Waals surface area contributed by atoms with Crippen LogP contribution in [0, 0.1) is 5.41 Å². The van der Waals surface area contributed by atoms with Gasteiger partial charge in [0.05, 0.1) is 0 Å². The van der Waals surface area contributed by atoms with Gasteiger partial charge in [-0.25, -0.2) is 0 Å². The number of aryl methyl sites for hydroxylation is 1. The Balaban J connectivity index is 1.14. The van der Waals surface area contributed by atoms with E-state index in [1.54, 1.807) is 0 Å². The van der Waals surface area contributed by atoms with Crippen LogP contribution < -0.4 is 10.1 Å². The summed E-state index contributed by atoms with van der Waals surface area (Å²) in [6, 6.07) is 19.8. The number of rotatable bonds is 3. The number of piperidine rings is 2. The summed E-state index contributed by atoms with van der Waals surface area (Å²) in [5, 5.41) is 3.28. The molecule has 1 amide bonds. The molecule has 0 aliphatic carbocycles. The lowest BCUT2D eigenvalue weighted by molar-refractivity contribution is -0.128. The largest absolute Gasteiger partial charge is 0.481 e. The first-order chi connectivity index (χ1) is 17.6. The maximum Gasteiger partial charge on any atom is 0.260 e. The summed E-state index contributed by atoms with van der Waals surface area (Å²) in [6.07, 6.45) is 9.04. The number of ether oxygens (including phenoxy) is 1. The second kappa shape index (κ2) is 11.8. The Morgan fingerprint density at radius 2 is 1.64 bits per heavy atom. The summed E-state index contributed by atoms with van der Waals surface area (Å²) >= 11 is 0.